The minimum absolute atomic E-state index is 0.0263. The van der Waals surface area contributed by atoms with Gasteiger partial charge in [-0.25, -0.2) is 15.0 Å². The zero-order valence-electron chi connectivity index (χ0n) is 19.4. The predicted octanol–water partition coefficient (Wildman–Crippen LogP) is 5.18. The molecular formula is C27H25N5O3. The van der Waals surface area contributed by atoms with E-state index in [4.69, 9.17) is 9.47 Å². The van der Waals surface area contributed by atoms with Crippen molar-refractivity contribution in [2.24, 2.45) is 0 Å². The van der Waals surface area contributed by atoms with Gasteiger partial charge in [-0.15, -0.1) is 0 Å². The van der Waals surface area contributed by atoms with Gasteiger partial charge < -0.3 is 14.4 Å². The number of nitrogens with zero attached hydrogens (tertiary/aromatic N) is 5. The second-order valence-corrected chi connectivity index (χ2v) is 8.42. The molecule has 0 aliphatic carbocycles. The molecule has 1 amide bonds. The van der Waals surface area contributed by atoms with Crippen molar-refractivity contribution in [1.29, 1.82) is 0 Å². The maximum absolute atomic E-state index is 13.4. The highest BCUT2D eigenvalue weighted by molar-refractivity contribution is 5.94. The van der Waals surface area contributed by atoms with E-state index < -0.39 is 0 Å². The van der Waals surface area contributed by atoms with Crippen molar-refractivity contribution in [3.63, 3.8) is 0 Å². The first-order chi connectivity index (χ1) is 17.2. The number of rotatable bonds is 6. The standard InChI is InChI=1S/C27H25N5O3/c1-19-6-2-9-22(16-19)34-25-24(28-13-14-29-25)21-8-4-15-32(18-21)26(33)20-7-3-10-23(17-20)35-27-30-11-5-12-31-27/h2-3,5-7,9-14,16-17,21H,4,8,15,18H2,1H3. The summed E-state index contributed by atoms with van der Waals surface area (Å²) < 4.78 is 11.8. The van der Waals surface area contributed by atoms with Crippen molar-refractivity contribution in [1.82, 2.24) is 24.8 Å². The molecule has 8 nitrogen and oxygen atoms in total. The van der Waals surface area contributed by atoms with Gasteiger partial charge in [0.15, 0.2) is 0 Å². The number of ether oxygens (including phenoxy) is 2. The number of aromatic nitrogens is 4. The van der Waals surface area contributed by atoms with Gasteiger partial charge in [0.25, 0.3) is 5.91 Å². The van der Waals surface area contributed by atoms with Gasteiger partial charge in [-0.2, -0.15) is 0 Å². The summed E-state index contributed by atoms with van der Waals surface area (Å²) in [6.45, 7) is 3.23. The number of hydrogen-bond donors (Lipinski definition) is 0. The van der Waals surface area contributed by atoms with Crippen molar-refractivity contribution in [2.45, 2.75) is 25.7 Å². The second-order valence-electron chi connectivity index (χ2n) is 8.42. The topological polar surface area (TPSA) is 90.3 Å². The Hall–Kier alpha value is -4.33. The third kappa shape index (κ3) is 5.43. The SMILES string of the molecule is Cc1cccc(Oc2nccnc2C2CCCN(C(=O)c3cccc(Oc4ncccn4)c3)C2)c1. The third-order valence-corrected chi connectivity index (χ3v) is 5.82. The molecule has 176 valence electrons. The van der Waals surface area contributed by atoms with Crippen molar-refractivity contribution in [3.05, 3.63) is 96.2 Å². The van der Waals surface area contributed by atoms with Crippen LogP contribution in [0.5, 0.6) is 23.4 Å². The van der Waals surface area contributed by atoms with Crippen molar-refractivity contribution >= 4 is 5.91 Å². The Kier molecular flexibility index (Phi) is 6.61. The molecule has 0 saturated carbocycles. The van der Waals surface area contributed by atoms with Crippen LogP contribution < -0.4 is 9.47 Å². The van der Waals surface area contributed by atoms with Gasteiger partial charge in [0.2, 0.25) is 5.88 Å². The summed E-state index contributed by atoms with van der Waals surface area (Å²) in [5, 5.41) is 0. The van der Waals surface area contributed by atoms with Gasteiger partial charge in [-0.1, -0.05) is 18.2 Å². The Morgan fingerprint density at radius 1 is 0.886 bits per heavy atom. The average Bonchev–Trinajstić information content (AvgIpc) is 2.89. The van der Waals surface area contributed by atoms with E-state index in [-0.39, 0.29) is 17.8 Å². The summed E-state index contributed by atoms with van der Waals surface area (Å²) in [7, 11) is 0. The maximum Gasteiger partial charge on any atom is 0.321 e. The van der Waals surface area contributed by atoms with Crippen LogP contribution in [-0.2, 0) is 0 Å². The maximum atomic E-state index is 13.4. The summed E-state index contributed by atoms with van der Waals surface area (Å²) in [5.74, 6) is 1.68. The molecule has 0 radical (unpaired) electrons. The molecule has 1 saturated heterocycles. The summed E-state index contributed by atoms with van der Waals surface area (Å²) in [4.78, 5) is 32.4. The Morgan fingerprint density at radius 2 is 1.66 bits per heavy atom. The van der Waals surface area contributed by atoms with Crippen molar-refractivity contribution in [2.75, 3.05) is 13.1 Å². The fourth-order valence-electron chi connectivity index (χ4n) is 4.19. The smallest absolute Gasteiger partial charge is 0.321 e. The molecule has 1 atom stereocenters. The summed E-state index contributed by atoms with van der Waals surface area (Å²) >= 11 is 0. The highest BCUT2D eigenvalue weighted by Gasteiger charge is 2.29. The van der Waals surface area contributed by atoms with Gasteiger partial charge in [0.1, 0.15) is 17.2 Å². The van der Waals surface area contributed by atoms with E-state index in [1.54, 1.807) is 55.1 Å². The molecule has 0 N–H and O–H groups in total. The normalized spacial score (nSPS) is 15.5. The third-order valence-electron chi connectivity index (χ3n) is 5.82. The summed E-state index contributed by atoms with van der Waals surface area (Å²) in [6.07, 6.45) is 8.28. The van der Waals surface area contributed by atoms with Crippen molar-refractivity contribution in [3.8, 4) is 23.4 Å². The van der Waals surface area contributed by atoms with Crippen LogP contribution in [0.1, 0.15) is 40.4 Å². The van der Waals surface area contributed by atoms with Crippen molar-refractivity contribution < 1.29 is 14.3 Å². The first-order valence-electron chi connectivity index (χ1n) is 11.6. The van der Waals surface area contributed by atoms with Crippen LogP contribution in [0.25, 0.3) is 0 Å². The lowest BCUT2D eigenvalue weighted by Gasteiger charge is -2.33. The molecule has 2 aromatic carbocycles. The molecule has 4 aromatic rings. The van der Waals surface area contributed by atoms with Crippen LogP contribution in [0.4, 0.5) is 0 Å². The Balaban J connectivity index is 1.32. The highest BCUT2D eigenvalue weighted by atomic mass is 16.5. The fraction of sp³-hybridized carbons (Fsp3) is 0.222. The number of likely N-dealkylation sites (tertiary alicyclic amines) is 1. The number of amides is 1. The summed E-state index contributed by atoms with van der Waals surface area (Å²) in [5.41, 5.74) is 2.42. The van der Waals surface area contributed by atoms with Crippen LogP contribution in [0.2, 0.25) is 0 Å². The zero-order valence-corrected chi connectivity index (χ0v) is 19.4. The molecular weight excluding hydrogens is 442 g/mol. The monoisotopic (exact) mass is 467 g/mol. The summed E-state index contributed by atoms with van der Waals surface area (Å²) in [6, 6.07) is 16.9. The van der Waals surface area contributed by atoms with Crippen LogP contribution in [-0.4, -0.2) is 43.8 Å². The van der Waals surface area contributed by atoms with E-state index >= 15 is 0 Å². The molecule has 3 heterocycles. The minimum atomic E-state index is -0.0563. The second kappa shape index (κ2) is 10.3. The number of benzene rings is 2. The molecule has 1 fully saturated rings. The van der Waals surface area contributed by atoms with Crippen LogP contribution in [0, 0.1) is 6.92 Å². The molecule has 5 rings (SSSR count). The first-order valence-corrected chi connectivity index (χ1v) is 11.6. The molecule has 0 bridgehead atoms. The Bertz CT molecular complexity index is 1310. The van der Waals surface area contributed by atoms with E-state index in [0.717, 1.165) is 29.8 Å². The van der Waals surface area contributed by atoms with Gasteiger partial charge in [0.05, 0.1) is 0 Å². The van der Waals surface area contributed by atoms with Crippen LogP contribution in [0.15, 0.2) is 79.4 Å². The molecule has 1 aliphatic heterocycles. The quantitative estimate of drug-likeness (QED) is 0.386. The molecule has 35 heavy (non-hydrogen) atoms. The van der Waals surface area contributed by atoms with Gasteiger partial charge in [-0.3, -0.25) is 9.78 Å². The molecule has 0 spiro atoms. The van der Waals surface area contributed by atoms with Gasteiger partial charge >= 0.3 is 6.01 Å². The minimum Gasteiger partial charge on any atom is -0.437 e. The van der Waals surface area contributed by atoms with E-state index in [1.165, 1.54) is 0 Å². The van der Waals surface area contributed by atoms with E-state index in [9.17, 15) is 4.79 Å². The molecule has 1 aliphatic rings. The van der Waals surface area contributed by atoms with Gasteiger partial charge in [-0.05, 0) is 61.7 Å². The lowest BCUT2D eigenvalue weighted by atomic mass is 9.94. The zero-order chi connectivity index (χ0) is 24.0. The van der Waals surface area contributed by atoms with E-state index in [1.807, 2.05) is 36.1 Å². The highest BCUT2D eigenvalue weighted by Crippen LogP contribution is 2.33. The number of carbonyl (C=O) groups excluding carboxylic acids is 1. The molecule has 8 heteroatoms. The Morgan fingerprint density at radius 3 is 2.49 bits per heavy atom. The van der Waals surface area contributed by atoms with E-state index in [0.29, 0.717) is 30.3 Å². The number of piperidine rings is 1. The predicted molar refractivity (Wildman–Crippen MR) is 130 cm³/mol. The first kappa shape index (κ1) is 22.5. The fourth-order valence-corrected chi connectivity index (χ4v) is 4.19. The van der Waals surface area contributed by atoms with E-state index in [2.05, 4.69) is 19.9 Å². The molecule has 1 unspecified atom stereocenters. The lowest BCUT2D eigenvalue weighted by molar-refractivity contribution is 0.0704. The average molecular weight is 468 g/mol. The Labute approximate surface area is 203 Å². The lowest BCUT2D eigenvalue weighted by Crippen LogP contribution is -2.39. The largest absolute Gasteiger partial charge is 0.437 e. The number of carbonyl (C=O) groups is 1. The molecule has 2 aromatic heterocycles. The van der Waals surface area contributed by atoms with Crippen LogP contribution >= 0.6 is 0 Å². The number of hydrogen-bond acceptors (Lipinski definition) is 7. The van der Waals surface area contributed by atoms with Gasteiger partial charge in [0, 0.05) is 49.4 Å². The number of aryl methyl sites for hydroxylation is 1. The van der Waals surface area contributed by atoms with Crippen LogP contribution in [0.3, 0.4) is 0 Å².